The Morgan fingerprint density at radius 2 is 1.96 bits per heavy atom. The van der Waals surface area contributed by atoms with Crippen LogP contribution >= 0.6 is 0 Å². The number of benzene rings is 1. The molecule has 24 heavy (non-hydrogen) atoms. The number of aryl methyl sites for hydroxylation is 1. The molecule has 3 rings (SSSR count). The van der Waals surface area contributed by atoms with E-state index in [1.807, 2.05) is 0 Å². The lowest BCUT2D eigenvalue weighted by Crippen LogP contribution is -2.58. The molecule has 8 heteroatoms. The highest BCUT2D eigenvalue weighted by molar-refractivity contribution is 5.93. The van der Waals surface area contributed by atoms with Crippen molar-refractivity contribution in [2.75, 3.05) is 13.7 Å². The number of aromatic nitrogens is 2. The molecule has 1 fully saturated rings. The van der Waals surface area contributed by atoms with Crippen LogP contribution in [0.5, 0.6) is 5.75 Å². The predicted octanol–water partition coefficient (Wildman–Crippen LogP) is 2.97. The van der Waals surface area contributed by atoms with Gasteiger partial charge in [-0.1, -0.05) is 0 Å². The van der Waals surface area contributed by atoms with Crippen LogP contribution in [-0.4, -0.2) is 46.5 Å². The molecule has 5 nitrogen and oxygen atoms in total. The summed E-state index contributed by atoms with van der Waals surface area (Å²) in [5.74, 6) is -0.0209. The Morgan fingerprint density at radius 3 is 2.46 bits per heavy atom. The maximum absolute atomic E-state index is 12.8. The second-order valence-corrected chi connectivity index (χ2v) is 5.63. The van der Waals surface area contributed by atoms with Crippen LogP contribution in [0.3, 0.4) is 0 Å². The maximum Gasteiger partial charge on any atom is 0.408 e. The van der Waals surface area contributed by atoms with Gasteiger partial charge in [0.2, 0.25) is 0 Å². The number of nitrogens with zero attached hydrogens (tertiary/aromatic N) is 3. The fraction of sp³-hybridized carbons (Fsp3) is 0.375. The van der Waals surface area contributed by atoms with Gasteiger partial charge in [-0.25, -0.2) is 4.68 Å². The monoisotopic (exact) mass is 339 g/mol. The van der Waals surface area contributed by atoms with Gasteiger partial charge >= 0.3 is 6.18 Å². The van der Waals surface area contributed by atoms with Crippen molar-refractivity contribution in [1.29, 1.82) is 0 Å². The summed E-state index contributed by atoms with van der Waals surface area (Å²) in [6, 6.07) is 6.79. The minimum absolute atomic E-state index is 0.0114. The van der Waals surface area contributed by atoms with Crippen LogP contribution in [-0.2, 0) is 0 Å². The number of hydrogen-bond acceptors (Lipinski definition) is 3. The number of methoxy groups -OCH3 is 1. The summed E-state index contributed by atoms with van der Waals surface area (Å²) < 4.78 is 45.1. The first-order valence-electron chi connectivity index (χ1n) is 7.40. The van der Waals surface area contributed by atoms with E-state index in [1.165, 1.54) is 10.7 Å². The van der Waals surface area contributed by atoms with Crippen molar-refractivity contribution in [3.05, 3.63) is 41.7 Å². The Kier molecular flexibility index (Phi) is 3.98. The quantitative estimate of drug-likeness (QED) is 0.864. The summed E-state index contributed by atoms with van der Waals surface area (Å²) in [6.07, 6.45) is -4.46. The summed E-state index contributed by atoms with van der Waals surface area (Å²) in [6.45, 7) is 1.84. The molecule has 2 aromatic rings. The molecule has 128 valence electrons. The van der Waals surface area contributed by atoms with Crippen LogP contribution in [0.2, 0.25) is 0 Å². The maximum atomic E-state index is 12.8. The SMILES string of the molecule is COc1ccc(-n2nc(C(=O)N3CC[C@H]3C(F)(F)F)cc2C)cc1. The van der Waals surface area contributed by atoms with Crippen LogP contribution in [0.15, 0.2) is 30.3 Å². The Balaban J connectivity index is 1.84. The molecule has 2 heterocycles. The summed E-state index contributed by atoms with van der Waals surface area (Å²) in [5.41, 5.74) is 1.37. The van der Waals surface area contributed by atoms with E-state index in [2.05, 4.69) is 5.10 Å². The van der Waals surface area contributed by atoms with Gasteiger partial charge in [-0.15, -0.1) is 0 Å². The third kappa shape index (κ3) is 2.83. The fourth-order valence-electron chi connectivity index (χ4n) is 2.68. The van der Waals surface area contributed by atoms with Gasteiger partial charge in [-0.3, -0.25) is 4.79 Å². The predicted molar refractivity (Wildman–Crippen MR) is 80.3 cm³/mol. The number of ether oxygens (including phenoxy) is 1. The fourth-order valence-corrected chi connectivity index (χ4v) is 2.68. The highest BCUT2D eigenvalue weighted by Crippen LogP contribution is 2.34. The van der Waals surface area contributed by atoms with Crippen molar-refractivity contribution < 1.29 is 22.7 Å². The van der Waals surface area contributed by atoms with Gasteiger partial charge in [0.1, 0.15) is 11.8 Å². The van der Waals surface area contributed by atoms with Gasteiger partial charge in [0, 0.05) is 12.2 Å². The first-order chi connectivity index (χ1) is 11.3. The van der Waals surface area contributed by atoms with Crippen molar-refractivity contribution in [1.82, 2.24) is 14.7 Å². The second-order valence-electron chi connectivity index (χ2n) is 5.63. The minimum Gasteiger partial charge on any atom is -0.497 e. The largest absolute Gasteiger partial charge is 0.497 e. The zero-order valence-electron chi connectivity index (χ0n) is 13.2. The van der Waals surface area contributed by atoms with Crippen LogP contribution in [0.4, 0.5) is 13.2 Å². The van der Waals surface area contributed by atoms with E-state index in [0.717, 1.165) is 4.90 Å². The van der Waals surface area contributed by atoms with Gasteiger partial charge in [-0.2, -0.15) is 18.3 Å². The highest BCUT2D eigenvalue weighted by Gasteiger charge is 2.51. The summed E-state index contributed by atoms with van der Waals surface area (Å²) in [5, 5.41) is 4.17. The zero-order valence-corrected chi connectivity index (χ0v) is 13.2. The first kappa shape index (κ1) is 16.4. The molecule has 1 aliphatic heterocycles. The van der Waals surface area contributed by atoms with Gasteiger partial charge in [-0.05, 0) is 43.7 Å². The topological polar surface area (TPSA) is 47.4 Å². The van der Waals surface area contributed by atoms with E-state index in [1.54, 1.807) is 38.3 Å². The molecule has 1 aromatic carbocycles. The second kappa shape index (κ2) is 5.85. The Bertz CT molecular complexity index is 753. The summed E-state index contributed by atoms with van der Waals surface area (Å²) >= 11 is 0. The molecule has 0 spiro atoms. The van der Waals surface area contributed by atoms with Crippen molar-refractivity contribution >= 4 is 5.91 Å². The number of halogens is 3. The number of carbonyl (C=O) groups excluding carboxylic acids is 1. The van der Waals surface area contributed by atoms with Crippen molar-refractivity contribution in [2.45, 2.75) is 25.6 Å². The zero-order chi connectivity index (χ0) is 17.5. The van der Waals surface area contributed by atoms with E-state index < -0.39 is 18.1 Å². The minimum atomic E-state index is -4.40. The highest BCUT2D eigenvalue weighted by atomic mass is 19.4. The van der Waals surface area contributed by atoms with Crippen molar-refractivity contribution in [3.8, 4) is 11.4 Å². The summed E-state index contributed by atoms with van der Waals surface area (Å²) in [4.78, 5) is 13.1. The van der Waals surface area contributed by atoms with Crippen molar-refractivity contribution in [2.24, 2.45) is 0 Å². The first-order valence-corrected chi connectivity index (χ1v) is 7.40. The van der Waals surface area contributed by atoms with E-state index in [4.69, 9.17) is 4.74 Å². The molecule has 0 N–H and O–H groups in total. The lowest BCUT2D eigenvalue weighted by Gasteiger charge is -2.41. The van der Waals surface area contributed by atoms with Crippen LogP contribution in [0.25, 0.3) is 5.69 Å². The van der Waals surface area contributed by atoms with E-state index in [-0.39, 0.29) is 18.7 Å². The molecule has 0 bridgehead atoms. The molecule has 1 atom stereocenters. The third-order valence-corrected chi connectivity index (χ3v) is 4.08. The number of likely N-dealkylation sites (tertiary alicyclic amines) is 1. The van der Waals surface area contributed by atoms with Gasteiger partial charge in [0.15, 0.2) is 5.69 Å². The number of hydrogen-bond donors (Lipinski definition) is 0. The van der Waals surface area contributed by atoms with Gasteiger partial charge in [0.25, 0.3) is 5.91 Å². The van der Waals surface area contributed by atoms with Gasteiger partial charge in [0.05, 0.1) is 12.8 Å². The lowest BCUT2D eigenvalue weighted by atomic mass is 10.0. The van der Waals surface area contributed by atoms with Crippen LogP contribution in [0.1, 0.15) is 22.6 Å². The molecular formula is C16H16F3N3O2. The smallest absolute Gasteiger partial charge is 0.408 e. The average Bonchev–Trinajstić information content (AvgIpc) is 2.86. The molecule has 1 saturated heterocycles. The molecule has 0 aliphatic carbocycles. The van der Waals surface area contributed by atoms with E-state index in [9.17, 15) is 18.0 Å². The Hall–Kier alpha value is -2.51. The molecule has 1 amide bonds. The van der Waals surface area contributed by atoms with E-state index >= 15 is 0 Å². The van der Waals surface area contributed by atoms with E-state index in [0.29, 0.717) is 17.1 Å². The number of alkyl halides is 3. The molecular weight excluding hydrogens is 323 g/mol. The summed E-state index contributed by atoms with van der Waals surface area (Å²) in [7, 11) is 1.55. The molecule has 1 aliphatic rings. The number of carbonyl (C=O) groups is 1. The molecule has 0 radical (unpaired) electrons. The number of rotatable bonds is 3. The molecule has 1 aromatic heterocycles. The molecule has 0 saturated carbocycles. The molecule has 0 unspecified atom stereocenters. The third-order valence-electron chi connectivity index (χ3n) is 4.08. The van der Waals surface area contributed by atoms with Crippen LogP contribution in [0, 0.1) is 6.92 Å². The van der Waals surface area contributed by atoms with Gasteiger partial charge < -0.3 is 9.64 Å². The Labute approximate surface area is 136 Å². The lowest BCUT2D eigenvalue weighted by molar-refractivity contribution is -0.199. The van der Waals surface area contributed by atoms with Crippen LogP contribution < -0.4 is 4.74 Å². The number of amides is 1. The normalized spacial score (nSPS) is 17.5. The Morgan fingerprint density at radius 1 is 1.29 bits per heavy atom. The van der Waals surface area contributed by atoms with Crippen molar-refractivity contribution in [3.63, 3.8) is 0 Å². The average molecular weight is 339 g/mol. The standard InChI is InChI=1S/C16H16F3N3O2/c1-10-9-13(15(23)21-8-7-14(21)16(17,18)19)20-22(10)11-3-5-12(24-2)6-4-11/h3-6,9,14H,7-8H2,1-2H3/t14-/m0/s1.